The van der Waals surface area contributed by atoms with Crippen LogP contribution in [0.1, 0.15) is 19.0 Å². The summed E-state index contributed by atoms with van der Waals surface area (Å²) in [6, 6.07) is 5.79. The molecule has 3 heteroatoms. The van der Waals surface area contributed by atoms with E-state index in [0.717, 1.165) is 5.69 Å². The van der Waals surface area contributed by atoms with Gasteiger partial charge in [-0.1, -0.05) is 6.07 Å². The molecule has 1 aromatic rings. The van der Waals surface area contributed by atoms with E-state index in [1.807, 2.05) is 18.2 Å². The van der Waals surface area contributed by atoms with E-state index >= 15 is 0 Å². The zero-order valence-corrected chi connectivity index (χ0v) is 8.19. The molecule has 0 N–H and O–H groups in total. The van der Waals surface area contributed by atoms with Crippen LogP contribution in [-0.2, 0) is 14.9 Å². The summed E-state index contributed by atoms with van der Waals surface area (Å²) < 4.78 is 5.20. The van der Waals surface area contributed by atoms with Crippen LogP contribution in [0.4, 0.5) is 0 Å². The first-order valence-corrected chi connectivity index (χ1v) is 4.72. The molecule has 1 aliphatic rings. The normalized spacial score (nSPS) is 18.6. The van der Waals surface area contributed by atoms with Gasteiger partial charge in [0.2, 0.25) is 0 Å². The third kappa shape index (κ3) is 1.55. The Morgan fingerprint density at radius 1 is 1.57 bits per heavy atom. The van der Waals surface area contributed by atoms with E-state index in [0.29, 0.717) is 19.6 Å². The lowest BCUT2D eigenvalue weighted by Crippen LogP contribution is -2.48. The molecule has 1 aliphatic heterocycles. The molecule has 0 radical (unpaired) electrons. The number of ketones is 1. The van der Waals surface area contributed by atoms with Crippen molar-refractivity contribution in [3.8, 4) is 0 Å². The molecule has 0 aliphatic carbocycles. The maximum absolute atomic E-state index is 11.1. The predicted molar refractivity (Wildman–Crippen MR) is 52.0 cm³/mol. The molecule has 3 nitrogen and oxygen atoms in total. The van der Waals surface area contributed by atoms with E-state index in [9.17, 15) is 4.79 Å². The monoisotopic (exact) mass is 191 g/mol. The van der Waals surface area contributed by atoms with Crippen LogP contribution >= 0.6 is 0 Å². The molecular weight excluding hydrogens is 178 g/mol. The largest absolute Gasteiger partial charge is 0.379 e. The molecule has 1 saturated heterocycles. The predicted octanol–water partition coefficient (Wildman–Crippen LogP) is 1.33. The van der Waals surface area contributed by atoms with Crippen molar-refractivity contribution in [2.45, 2.75) is 18.8 Å². The minimum Gasteiger partial charge on any atom is -0.379 e. The van der Waals surface area contributed by atoms with E-state index in [2.05, 4.69) is 4.98 Å². The minimum atomic E-state index is -0.146. The van der Waals surface area contributed by atoms with E-state index in [1.165, 1.54) is 0 Å². The summed E-state index contributed by atoms with van der Waals surface area (Å²) in [4.78, 5) is 15.4. The van der Waals surface area contributed by atoms with Crippen molar-refractivity contribution in [1.82, 2.24) is 4.98 Å². The molecule has 0 atom stereocenters. The minimum absolute atomic E-state index is 0.146. The molecular formula is C11H13NO2. The topological polar surface area (TPSA) is 39.2 Å². The van der Waals surface area contributed by atoms with Gasteiger partial charge in [0.1, 0.15) is 5.78 Å². The molecule has 0 bridgehead atoms. The van der Waals surface area contributed by atoms with Gasteiger partial charge in [-0.15, -0.1) is 0 Å². The molecule has 0 aromatic carbocycles. The lowest BCUT2D eigenvalue weighted by Gasteiger charge is -2.40. The Morgan fingerprint density at radius 3 is 2.79 bits per heavy atom. The first kappa shape index (κ1) is 9.34. The lowest BCUT2D eigenvalue weighted by molar-refractivity contribution is -0.125. The van der Waals surface area contributed by atoms with Crippen molar-refractivity contribution in [3.05, 3.63) is 30.1 Å². The van der Waals surface area contributed by atoms with Crippen molar-refractivity contribution in [2.75, 3.05) is 13.2 Å². The molecule has 74 valence electrons. The Hall–Kier alpha value is -1.22. The maximum Gasteiger partial charge on any atom is 0.130 e. The lowest BCUT2D eigenvalue weighted by atomic mass is 9.78. The number of aromatic nitrogens is 1. The zero-order valence-electron chi connectivity index (χ0n) is 8.19. The van der Waals surface area contributed by atoms with Gasteiger partial charge >= 0.3 is 0 Å². The third-order valence-electron chi connectivity index (χ3n) is 2.55. The van der Waals surface area contributed by atoms with Crippen molar-refractivity contribution in [1.29, 1.82) is 0 Å². The number of hydrogen-bond donors (Lipinski definition) is 0. The van der Waals surface area contributed by atoms with Crippen LogP contribution in [0.3, 0.4) is 0 Å². The molecule has 0 spiro atoms. The first-order valence-electron chi connectivity index (χ1n) is 4.72. The molecule has 0 amide bonds. The van der Waals surface area contributed by atoms with Crippen LogP contribution in [0.5, 0.6) is 0 Å². The summed E-state index contributed by atoms with van der Waals surface area (Å²) in [5, 5.41) is 0. The molecule has 2 heterocycles. The number of rotatable bonds is 3. The third-order valence-corrected chi connectivity index (χ3v) is 2.55. The van der Waals surface area contributed by atoms with Gasteiger partial charge in [0.15, 0.2) is 0 Å². The van der Waals surface area contributed by atoms with Crippen LogP contribution in [0.15, 0.2) is 24.4 Å². The molecule has 14 heavy (non-hydrogen) atoms. The quantitative estimate of drug-likeness (QED) is 0.723. The molecule has 0 unspecified atom stereocenters. The maximum atomic E-state index is 11.1. The second-order valence-corrected chi connectivity index (χ2v) is 3.87. The van der Waals surface area contributed by atoms with E-state index in [-0.39, 0.29) is 11.2 Å². The van der Waals surface area contributed by atoms with Gasteiger partial charge in [0.25, 0.3) is 0 Å². The van der Waals surface area contributed by atoms with Crippen molar-refractivity contribution in [3.63, 3.8) is 0 Å². The Balaban J connectivity index is 2.25. The van der Waals surface area contributed by atoms with Gasteiger partial charge < -0.3 is 4.74 Å². The average molecular weight is 191 g/mol. The highest BCUT2D eigenvalue weighted by Crippen LogP contribution is 2.34. The summed E-state index contributed by atoms with van der Waals surface area (Å²) in [5.74, 6) is 0.193. The van der Waals surface area contributed by atoms with Crippen LogP contribution < -0.4 is 0 Å². The van der Waals surface area contributed by atoms with Crippen molar-refractivity contribution < 1.29 is 9.53 Å². The molecule has 2 rings (SSSR count). The highest BCUT2D eigenvalue weighted by molar-refractivity contribution is 5.77. The van der Waals surface area contributed by atoms with E-state index in [1.54, 1.807) is 13.1 Å². The number of hydrogen-bond acceptors (Lipinski definition) is 3. The number of nitrogens with zero attached hydrogens (tertiary/aromatic N) is 1. The summed E-state index contributed by atoms with van der Waals surface area (Å²) in [6.07, 6.45) is 2.29. The summed E-state index contributed by atoms with van der Waals surface area (Å²) in [7, 11) is 0. The highest BCUT2D eigenvalue weighted by Gasteiger charge is 2.42. The molecule has 0 saturated carbocycles. The standard InChI is InChI=1S/C11H13NO2/c1-9(13)6-11(7-14-8-11)10-4-2-3-5-12-10/h2-5H,6-8H2,1H3. The zero-order chi connectivity index (χ0) is 10.0. The van der Waals surface area contributed by atoms with Gasteiger partial charge in [0, 0.05) is 12.6 Å². The number of pyridine rings is 1. The van der Waals surface area contributed by atoms with E-state index in [4.69, 9.17) is 4.74 Å². The smallest absolute Gasteiger partial charge is 0.130 e. The second kappa shape index (κ2) is 3.50. The van der Waals surface area contributed by atoms with Gasteiger partial charge in [-0.25, -0.2) is 0 Å². The average Bonchev–Trinajstić information content (AvgIpc) is 2.12. The Labute approximate surface area is 83.1 Å². The van der Waals surface area contributed by atoms with E-state index < -0.39 is 0 Å². The van der Waals surface area contributed by atoms with Crippen molar-refractivity contribution in [2.24, 2.45) is 0 Å². The fourth-order valence-electron chi connectivity index (χ4n) is 1.84. The fraction of sp³-hybridized carbons (Fsp3) is 0.455. The summed E-state index contributed by atoms with van der Waals surface area (Å²) >= 11 is 0. The number of ether oxygens (including phenoxy) is 1. The highest BCUT2D eigenvalue weighted by atomic mass is 16.5. The number of Topliss-reactive ketones (excluding diaryl/α,β-unsaturated/α-hetero) is 1. The summed E-state index contributed by atoms with van der Waals surface area (Å²) in [6.45, 7) is 2.84. The number of carbonyl (C=O) groups excluding carboxylic acids is 1. The van der Waals surface area contributed by atoms with Gasteiger partial charge in [0.05, 0.1) is 24.3 Å². The summed E-state index contributed by atoms with van der Waals surface area (Å²) in [5.41, 5.74) is 0.828. The van der Waals surface area contributed by atoms with Crippen molar-refractivity contribution >= 4 is 5.78 Å². The Bertz CT molecular complexity index is 330. The van der Waals surface area contributed by atoms with Crippen LogP contribution in [-0.4, -0.2) is 24.0 Å². The van der Waals surface area contributed by atoms with Gasteiger partial charge in [-0.2, -0.15) is 0 Å². The van der Waals surface area contributed by atoms with Crippen LogP contribution in [0, 0.1) is 0 Å². The van der Waals surface area contributed by atoms with Gasteiger partial charge in [-0.05, 0) is 19.1 Å². The van der Waals surface area contributed by atoms with Crippen LogP contribution in [0.2, 0.25) is 0 Å². The fourth-order valence-corrected chi connectivity index (χ4v) is 1.84. The SMILES string of the molecule is CC(=O)CC1(c2ccccn2)COC1. The number of carbonyl (C=O) groups is 1. The van der Waals surface area contributed by atoms with Gasteiger partial charge in [-0.3, -0.25) is 9.78 Å². The Morgan fingerprint density at radius 2 is 2.36 bits per heavy atom. The second-order valence-electron chi connectivity index (χ2n) is 3.87. The van der Waals surface area contributed by atoms with Crippen LogP contribution in [0.25, 0.3) is 0 Å². The first-order chi connectivity index (χ1) is 6.73. The molecule has 1 fully saturated rings. The Kier molecular flexibility index (Phi) is 2.33. The molecule has 1 aromatic heterocycles.